The molecule has 0 saturated carbocycles. The molecule has 0 saturated heterocycles. The van der Waals surface area contributed by atoms with E-state index < -0.39 is 0 Å². The number of ether oxygens (including phenoxy) is 2. The van der Waals surface area contributed by atoms with E-state index in [0.29, 0.717) is 12.5 Å². The van der Waals surface area contributed by atoms with Crippen LogP contribution in [-0.2, 0) is 11.2 Å². The summed E-state index contributed by atoms with van der Waals surface area (Å²) in [5.74, 6) is 1.89. The monoisotopic (exact) mass is 327 g/mol. The van der Waals surface area contributed by atoms with Gasteiger partial charge in [0.1, 0.15) is 11.5 Å². The van der Waals surface area contributed by atoms with Gasteiger partial charge in [-0.3, -0.25) is 4.79 Å². The van der Waals surface area contributed by atoms with E-state index in [1.54, 1.807) is 7.11 Å². The van der Waals surface area contributed by atoms with Crippen molar-refractivity contribution >= 4 is 5.91 Å². The van der Waals surface area contributed by atoms with Gasteiger partial charge in [0.25, 0.3) is 5.91 Å². The predicted octanol–water partition coefficient (Wildman–Crippen LogP) is 3.56. The Hall–Kier alpha value is -2.49. The molecule has 0 bridgehead atoms. The first-order chi connectivity index (χ1) is 11.6. The normalized spacial score (nSPS) is 10.5. The molecule has 0 radical (unpaired) electrons. The third-order valence-corrected chi connectivity index (χ3v) is 3.79. The van der Waals surface area contributed by atoms with Gasteiger partial charge in [-0.15, -0.1) is 0 Å². The minimum atomic E-state index is -0.113. The van der Waals surface area contributed by atoms with Crippen molar-refractivity contribution in [2.75, 3.05) is 20.3 Å². The Labute approximate surface area is 143 Å². The lowest BCUT2D eigenvalue weighted by molar-refractivity contribution is -0.123. The summed E-state index contributed by atoms with van der Waals surface area (Å²) in [4.78, 5) is 11.9. The first-order valence-corrected chi connectivity index (χ1v) is 8.21. The summed E-state index contributed by atoms with van der Waals surface area (Å²) in [7, 11) is 1.64. The van der Waals surface area contributed by atoms with Crippen molar-refractivity contribution in [3.05, 3.63) is 59.7 Å². The standard InChI is InChI=1S/C20H25NO3/c1-15(2)17-5-4-6-19(13-17)24-14-20(22)21-12-11-16-7-9-18(23-3)10-8-16/h4-10,13,15H,11-12,14H2,1-3H3,(H,21,22). The predicted molar refractivity (Wildman–Crippen MR) is 95.7 cm³/mol. The Morgan fingerprint density at radius 2 is 1.83 bits per heavy atom. The van der Waals surface area contributed by atoms with Crippen molar-refractivity contribution < 1.29 is 14.3 Å². The summed E-state index contributed by atoms with van der Waals surface area (Å²) in [6, 6.07) is 15.7. The van der Waals surface area contributed by atoms with E-state index in [-0.39, 0.29) is 12.5 Å². The van der Waals surface area contributed by atoms with E-state index in [1.165, 1.54) is 5.56 Å². The van der Waals surface area contributed by atoms with Crippen molar-refractivity contribution in [3.63, 3.8) is 0 Å². The first-order valence-electron chi connectivity index (χ1n) is 8.21. The van der Waals surface area contributed by atoms with Crippen LogP contribution in [0.15, 0.2) is 48.5 Å². The van der Waals surface area contributed by atoms with Gasteiger partial charge >= 0.3 is 0 Å². The second-order valence-electron chi connectivity index (χ2n) is 5.96. The molecule has 128 valence electrons. The zero-order valence-corrected chi connectivity index (χ0v) is 14.5. The van der Waals surface area contributed by atoms with E-state index in [1.807, 2.05) is 42.5 Å². The van der Waals surface area contributed by atoms with Crippen LogP contribution in [0, 0.1) is 0 Å². The highest BCUT2D eigenvalue weighted by Gasteiger charge is 2.05. The fraction of sp³-hybridized carbons (Fsp3) is 0.350. The van der Waals surface area contributed by atoms with Crippen LogP contribution >= 0.6 is 0 Å². The van der Waals surface area contributed by atoms with Gasteiger partial charge in [0.15, 0.2) is 6.61 Å². The molecule has 0 aliphatic heterocycles. The molecular weight excluding hydrogens is 302 g/mol. The SMILES string of the molecule is COc1ccc(CCNC(=O)COc2cccc(C(C)C)c2)cc1. The largest absolute Gasteiger partial charge is 0.497 e. The summed E-state index contributed by atoms with van der Waals surface area (Å²) in [6.07, 6.45) is 0.776. The lowest BCUT2D eigenvalue weighted by Crippen LogP contribution is -2.30. The summed E-state index contributed by atoms with van der Waals surface area (Å²) < 4.78 is 10.7. The van der Waals surface area contributed by atoms with Crippen molar-refractivity contribution in [1.82, 2.24) is 5.32 Å². The van der Waals surface area contributed by atoms with Gasteiger partial charge in [0.05, 0.1) is 7.11 Å². The highest BCUT2D eigenvalue weighted by Crippen LogP contribution is 2.19. The molecule has 1 amide bonds. The Bertz CT molecular complexity index is 650. The molecule has 0 aliphatic rings. The van der Waals surface area contributed by atoms with Gasteiger partial charge in [-0.2, -0.15) is 0 Å². The lowest BCUT2D eigenvalue weighted by atomic mass is 10.0. The van der Waals surface area contributed by atoms with Gasteiger partial charge in [-0.25, -0.2) is 0 Å². The molecule has 0 aromatic heterocycles. The number of benzene rings is 2. The molecule has 2 aromatic rings. The second kappa shape index (κ2) is 8.96. The lowest BCUT2D eigenvalue weighted by Gasteiger charge is -2.10. The van der Waals surface area contributed by atoms with Crippen LogP contribution in [0.3, 0.4) is 0 Å². The van der Waals surface area contributed by atoms with Crippen molar-refractivity contribution in [2.24, 2.45) is 0 Å². The van der Waals surface area contributed by atoms with Crippen LogP contribution < -0.4 is 14.8 Å². The molecule has 2 rings (SSSR count). The van der Waals surface area contributed by atoms with Gasteiger partial charge in [0, 0.05) is 6.54 Å². The first kappa shape index (κ1) is 17.9. The van der Waals surface area contributed by atoms with Crippen LogP contribution in [0.5, 0.6) is 11.5 Å². The number of amides is 1. The van der Waals surface area contributed by atoms with E-state index in [9.17, 15) is 4.79 Å². The van der Waals surface area contributed by atoms with Crippen LogP contribution in [0.2, 0.25) is 0 Å². The minimum Gasteiger partial charge on any atom is -0.497 e. The number of nitrogens with one attached hydrogen (secondary N) is 1. The minimum absolute atomic E-state index is 0.0319. The summed E-state index contributed by atoms with van der Waals surface area (Å²) in [5, 5.41) is 2.87. The molecule has 0 fully saturated rings. The molecule has 4 nitrogen and oxygen atoms in total. The number of rotatable bonds is 8. The molecule has 4 heteroatoms. The quantitative estimate of drug-likeness (QED) is 0.806. The van der Waals surface area contributed by atoms with Crippen molar-refractivity contribution in [1.29, 1.82) is 0 Å². The smallest absolute Gasteiger partial charge is 0.257 e. The fourth-order valence-corrected chi connectivity index (χ4v) is 2.30. The zero-order valence-electron chi connectivity index (χ0n) is 14.5. The maximum atomic E-state index is 11.9. The maximum Gasteiger partial charge on any atom is 0.257 e. The summed E-state index contributed by atoms with van der Waals surface area (Å²) >= 11 is 0. The highest BCUT2D eigenvalue weighted by molar-refractivity contribution is 5.77. The van der Waals surface area contributed by atoms with Crippen LogP contribution in [0.4, 0.5) is 0 Å². The number of hydrogen-bond donors (Lipinski definition) is 1. The van der Waals surface area contributed by atoms with Crippen molar-refractivity contribution in [3.8, 4) is 11.5 Å². The Kier molecular flexibility index (Phi) is 6.67. The average Bonchev–Trinajstić information content (AvgIpc) is 2.61. The molecule has 1 N–H and O–H groups in total. The second-order valence-corrected chi connectivity index (χ2v) is 5.96. The highest BCUT2D eigenvalue weighted by atomic mass is 16.5. The summed E-state index contributed by atoms with van der Waals surface area (Å²) in [6.45, 7) is 4.88. The molecule has 0 atom stereocenters. The molecule has 2 aromatic carbocycles. The number of carbonyl (C=O) groups is 1. The van der Waals surface area contributed by atoms with Gasteiger partial charge in [-0.05, 0) is 47.7 Å². The molecule has 24 heavy (non-hydrogen) atoms. The van der Waals surface area contributed by atoms with Gasteiger partial charge in [-0.1, -0.05) is 38.1 Å². The van der Waals surface area contributed by atoms with E-state index in [2.05, 4.69) is 25.2 Å². The molecule has 0 unspecified atom stereocenters. The molecule has 0 aliphatic carbocycles. The maximum absolute atomic E-state index is 11.9. The third kappa shape index (κ3) is 5.61. The van der Waals surface area contributed by atoms with Gasteiger partial charge in [0.2, 0.25) is 0 Å². The molecule has 0 heterocycles. The third-order valence-electron chi connectivity index (χ3n) is 3.79. The van der Waals surface area contributed by atoms with Crippen LogP contribution in [-0.4, -0.2) is 26.2 Å². The van der Waals surface area contributed by atoms with E-state index >= 15 is 0 Å². The topological polar surface area (TPSA) is 47.6 Å². The van der Waals surface area contributed by atoms with E-state index in [0.717, 1.165) is 23.5 Å². The summed E-state index contributed by atoms with van der Waals surface area (Å²) in [5.41, 5.74) is 2.36. The molecule has 0 spiro atoms. The molecular formula is C20H25NO3. The fourth-order valence-electron chi connectivity index (χ4n) is 2.30. The van der Waals surface area contributed by atoms with Crippen LogP contribution in [0.25, 0.3) is 0 Å². The Morgan fingerprint density at radius 1 is 1.08 bits per heavy atom. The zero-order chi connectivity index (χ0) is 17.4. The van der Waals surface area contributed by atoms with Crippen molar-refractivity contribution in [2.45, 2.75) is 26.2 Å². The van der Waals surface area contributed by atoms with Crippen LogP contribution in [0.1, 0.15) is 30.9 Å². The van der Waals surface area contributed by atoms with E-state index in [4.69, 9.17) is 9.47 Å². The average molecular weight is 327 g/mol. The Morgan fingerprint density at radius 3 is 2.50 bits per heavy atom. The number of carbonyl (C=O) groups excluding carboxylic acids is 1. The van der Waals surface area contributed by atoms with Gasteiger partial charge < -0.3 is 14.8 Å². The Balaban J connectivity index is 1.72. The number of hydrogen-bond acceptors (Lipinski definition) is 3. The number of methoxy groups -OCH3 is 1.